The van der Waals surface area contributed by atoms with Gasteiger partial charge >= 0.3 is 0 Å². The molecule has 12 heavy (non-hydrogen) atoms. The summed E-state index contributed by atoms with van der Waals surface area (Å²) in [5.74, 6) is 0. The van der Waals surface area contributed by atoms with Gasteiger partial charge in [-0.1, -0.05) is 43.2 Å². The second-order valence-electron chi connectivity index (χ2n) is 4.42. The van der Waals surface area contributed by atoms with Crippen LogP contribution in [0.25, 0.3) is 0 Å². The molecule has 0 unspecified atom stereocenters. The lowest BCUT2D eigenvalue weighted by atomic mass is 10.6. The fourth-order valence-electron chi connectivity index (χ4n) is 1.02. The first-order valence-electron chi connectivity index (χ1n) is 4.54. The monoisotopic (exact) mass is 198 g/mol. The maximum Gasteiger partial charge on any atom is 0.225 e. The van der Waals surface area contributed by atoms with E-state index in [1.54, 1.807) is 0 Å². The quantitative estimate of drug-likeness (QED) is 0.630. The van der Waals surface area contributed by atoms with Gasteiger partial charge in [0.1, 0.15) is 0 Å². The minimum Gasteiger partial charge on any atom is -0.412 e. The average Bonchev–Trinajstić information content (AvgIpc) is 2.36. The van der Waals surface area contributed by atoms with Crippen molar-refractivity contribution in [2.45, 2.75) is 25.7 Å². The van der Waals surface area contributed by atoms with Crippen LogP contribution in [-0.4, -0.2) is 23.7 Å². The first kappa shape index (κ1) is 9.96. The minimum atomic E-state index is -1.01. The zero-order valence-electron chi connectivity index (χ0n) is 8.21. The lowest BCUT2D eigenvalue weighted by Gasteiger charge is -2.16. The Morgan fingerprint density at radius 1 is 1.17 bits per heavy atom. The molecular formula is C9H18OSi2. The van der Waals surface area contributed by atoms with Crippen molar-refractivity contribution in [3.05, 3.63) is 23.6 Å². The average molecular weight is 198 g/mol. The highest BCUT2D eigenvalue weighted by molar-refractivity contribution is 6.76. The minimum absolute atomic E-state index is 0.880. The van der Waals surface area contributed by atoms with Gasteiger partial charge in [0.25, 0.3) is 0 Å². The molecule has 0 aromatic rings. The van der Waals surface area contributed by atoms with E-state index in [0.29, 0.717) is 0 Å². The number of allylic oxidation sites excluding steroid dienone is 2. The molecule has 0 spiro atoms. The summed E-state index contributed by atoms with van der Waals surface area (Å²) in [6.45, 7) is 8.13. The second kappa shape index (κ2) is 4.21. The van der Waals surface area contributed by atoms with Gasteiger partial charge < -0.3 is 4.43 Å². The van der Waals surface area contributed by atoms with Gasteiger partial charge in [-0.15, -0.1) is 0 Å². The molecule has 0 aromatic carbocycles. The van der Waals surface area contributed by atoms with Crippen molar-refractivity contribution < 1.29 is 4.43 Å². The van der Waals surface area contributed by atoms with Crippen LogP contribution in [0, 0.1) is 0 Å². The molecule has 0 saturated heterocycles. The summed E-state index contributed by atoms with van der Waals surface area (Å²) in [6, 6.07) is 1.29. The highest BCUT2D eigenvalue weighted by Gasteiger charge is 2.14. The maximum atomic E-state index is 5.78. The summed E-state index contributed by atoms with van der Waals surface area (Å²) in [7, 11) is -1.89. The van der Waals surface area contributed by atoms with Crippen LogP contribution in [0.3, 0.4) is 0 Å². The van der Waals surface area contributed by atoms with Crippen molar-refractivity contribution >= 4 is 17.1 Å². The Morgan fingerprint density at radius 3 is 2.25 bits per heavy atom. The fraction of sp³-hybridized carbons (Fsp3) is 0.556. The van der Waals surface area contributed by atoms with Crippen LogP contribution in [-0.2, 0) is 4.43 Å². The molecule has 0 saturated carbocycles. The zero-order chi connectivity index (χ0) is 9.03. The topological polar surface area (TPSA) is 9.23 Å². The molecule has 0 N–H and O–H groups in total. The van der Waals surface area contributed by atoms with Gasteiger partial charge in [-0.25, -0.2) is 0 Å². The number of hydrogen-bond donors (Lipinski definition) is 0. The van der Waals surface area contributed by atoms with Crippen molar-refractivity contribution in [1.29, 1.82) is 0 Å². The Balaban J connectivity index is 2.10. The SMILES string of the molecule is C[Si](C)(C)CCO[SiH]1C=CC=C1. The van der Waals surface area contributed by atoms with Crippen molar-refractivity contribution in [3.63, 3.8) is 0 Å². The van der Waals surface area contributed by atoms with E-state index in [9.17, 15) is 0 Å². The zero-order valence-corrected chi connectivity index (χ0v) is 10.4. The van der Waals surface area contributed by atoms with Gasteiger partial charge in [0.15, 0.2) is 0 Å². The summed E-state index contributed by atoms with van der Waals surface area (Å²) in [6.07, 6.45) is 4.21. The Morgan fingerprint density at radius 2 is 1.75 bits per heavy atom. The van der Waals surface area contributed by atoms with Crippen LogP contribution in [0.5, 0.6) is 0 Å². The molecule has 1 aliphatic rings. The molecule has 0 aromatic heterocycles. The molecule has 1 nitrogen and oxygen atoms in total. The van der Waals surface area contributed by atoms with Crippen LogP contribution in [0.2, 0.25) is 25.7 Å². The van der Waals surface area contributed by atoms with E-state index in [-0.39, 0.29) is 0 Å². The first-order valence-corrected chi connectivity index (χ1v) is 10.1. The number of rotatable bonds is 4. The largest absolute Gasteiger partial charge is 0.412 e. The maximum absolute atomic E-state index is 5.78. The standard InChI is InChI=1S/C9H18OSi2/c1-12(2,3)9-6-10-11-7-4-5-8-11/h4-5,7-8,11H,6,9H2,1-3H3. The van der Waals surface area contributed by atoms with Crippen LogP contribution in [0.1, 0.15) is 0 Å². The van der Waals surface area contributed by atoms with E-state index in [1.165, 1.54) is 6.04 Å². The molecule has 1 aliphatic heterocycles. The molecular weight excluding hydrogens is 180 g/mol. The summed E-state index contributed by atoms with van der Waals surface area (Å²) in [4.78, 5) is 0. The van der Waals surface area contributed by atoms with E-state index >= 15 is 0 Å². The Labute approximate surface area is 77.9 Å². The van der Waals surface area contributed by atoms with E-state index in [4.69, 9.17) is 4.43 Å². The highest BCUT2D eigenvalue weighted by atomic mass is 28.3. The molecule has 0 fully saturated rings. The summed E-state index contributed by atoms with van der Waals surface area (Å²) in [5, 5.41) is 0. The van der Waals surface area contributed by atoms with Gasteiger partial charge in [-0.3, -0.25) is 0 Å². The lowest BCUT2D eigenvalue weighted by Crippen LogP contribution is -2.24. The number of hydrogen-bond acceptors (Lipinski definition) is 1. The van der Waals surface area contributed by atoms with Gasteiger partial charge in [0.05, 0.1) is 0 Å². The van der Waals surface area contributed by atoms with Crippen molar-refractivity contribution in [1.82, 2.24) is 0 Å². The first-order chi connectivity index (χ1) is 5.58. The normalized spacial score (nSPS) is 17.6. The molecule has 0 atom stereocenters. The van der Waals surface area contributed by atoms with Crippen LogP contribution < -0.4 is 0 Å². The van der Waals surface area contributed by atoms with E-state index in [1.807, 2.05) is 0 Å². The molecule has 0 radical (unpaired) electrons. The Hall–Kier alpha value is -0.126. The van der Waals surface area contributed by atoms with Crippen molar-refractivity contribution in [3.8, 4) is 0 Å². The van der Waals surface area contributed by atoms with Crippen LogP contribution >= 0.6 is 0 Å². The molecule has 0 amide bonds. The molecule has 3 heteroatoms. The van der Waals surface area contributed by atoms with Gasteiger partial charge in [0, 0.05) is 14.7 Å². The van der Waals surface area contributed by atoms with Gasteiger partial charge in [-0.2, -0.15) is 0 Å². The molecule has 1 heterocycles. The molecule has 1 rings (SSSR count). The van der Waals surface area contributed by atoms with E-state index in [2.05, 4.69) is 43.2 Å². The van der Waals surface area contributed by atoms with E-state index < -0.39 is 17.1 Å². The smallest absolute Gasteiger partial charge is 0.225 e. The van der Waals surface area contributed by atoms with E-state index in [0.717, 1.165) is 6.61 Å². The van der Waals surface area contributed by atoms with Gasteiger partial charge in [-0.05, 0) is 6.04 Å². The third-order valence-electron chi connectivity index (χ3n) is 1.88. The molecule has 0 bridgehead atoms. The van der Waals surface area contributed by atoms with Crippen molar-refractivity contribution in [2.75, 3.05) is 6.61 Å². The summed E-state index contributed by atoms with van der Waals surface area (Å²) >= 11 is 0. The second-order valence-corrected chi connectivity index (χ2v) is 12.1. The van der Waals surface area contributed by atoms with Crippen LogP contribution in [0.15, 0.2) is 23.6 Å². The fourth-order valence-corrected chi connectivity index (χ4v) is 3.42. The Bertz CT molecular complexity index is 179. The lowest BCUT2D eigenvalue weighted by molar-refractivity contribution is 0.354. The summed E-state index contributed by atoms with van der Waals surface area (Å²) < 4.78 is 5.78. The Kier molecular flexibility index (Phi) is 3.49. The molecule has 68 valence electrons. The highest BCUT2D eigenvalue weighted by Crippen LogP contribution is 2.09. The third-order valence-corrected chi connectivity index (χ3v) is 5.40. The van der Waals surface area contributed by atoms with Crippen molar-refractivity contribution in [2.24, 2.45) is 0 Å². The third kappa shape index (κ3) is 4.04. The van der Waals surface area contributed by atoms with Gasteiger partial charge in [0.2, 0.25) is 9.04 Å². The predicted molar refractivity (Wildman–Crippen MR) is 59.5 cm³/mol. The molecule has 0 aliphatic carbocycles. The van der Waals surface area contributed by atoms with Crippen LogP contribution in [0.4, 0.5) is 0 Å². The predicted octanol–water partition coefficient (Wildman–Crippen LogP) is 2.27. The summed E-state index contributed by atoms with van der Waals surface area (Å²) in [5.41, 5.74) is 4.45.